The number of anilines is 1. The highest BCUT2D eigenvalue weighted by Crippen LogP contribution is 2.38. The van der Waals surface area contributed by atoms with Crippen molar-refractivity contribution in [3.63, 3.8) is 0 Å². The van der Waals surface area contributed by atoms with Gasteiger partial charge in [-0.2, -0.15) is 4.68 Å². The number of tetrazole rings is 1. The fraction of sp³-hybridized carbons (Fsp3) is 0.524. The lowest BCUT2D eigenvalue weighted by atomic mass is 9.95. The smallest absolute Gasteiger partial charge is 0.338 e. The van der Waals surface area contributed by atoms with Crippen molar-refractivity contribution in [2.75, 3.05) is 25.6 Å². The minimum Gasteiger partial charge on any atom is -0.493 e. The Balaban J connectivity index is 1.91. The van der Waals surface area contributed by atoms with Gasteiger partial charge in [0.2, 0.25) is 5.95 Å². The van der Waals surface area contributed by atoms with Crippen LogP contribution in [-0.4, -0.2) is 46.5 Å². The number of benzene rings is 1. The summed E-state index contributed by atoms with van der Waals surface area (Å²) in [7, 11) is 1.60. The molecule has 0 aliphatic carbocycles. The fourth-order valence-electron chi connectivity index (χ4n) is 3.48. The summed E-state index contributed by atoms with van der Waals surface area (Å²) in [6, 6.07) is 5.08. The van der Waals surface area contributed by atoms with Crippen molar-refractivity contribution >= 4 is 11.9 Å². The van der Waals surface area contributed by atoms with Crippen molar-refractivity contribution < 1.29 is 19.0 Å². The van der Waals surface area contributed by atoms with Crippen LogP contribution >= 0.6 is 0 Å². The van der Waals surface area contributed by atoms with Crippen LogP contribution in [0.1, 0.15) is 58.1 Å². The molecule has 0 saturated heterocycles. The van der Waals surface area contributed by atoms with Crippen LogP contribution in [0, 0.1) is 0 Å². The summed E-state index contributed by atoms with van der Waals surface area (Å²) < 4.78 is 18.3. The number of methoxy groups -OCH3 is 1. The van der Waals surface area contributed by atoms with Crippen LogP contribution in [0.3, 0.4) is 0 Å². The van der Waals surface area contributed by atoms with Crippen molar-refractivity contribution in [1.29, 1.82) is 0 Å². The molecular formula is C21H29N5O4. The first-order valence-electron chi connectivity index (χ1n) is 10.3. The highest BCUT2D eigenvalue weighted by atomic mass is 16.5. The maximum atomic E-state index is 12.7. The summed E-state index contributed by atoms with van der Waals surface area (Å²) in [5, 5.41) is 14.9. The van der Waals surface area contributed by atoms with E-state index in [9.17, 15) is 4.79 Å². The number of allylic oxidation sites excluding steroid dienone is 1. The van der Waals surface area contributed by atoms with Gasteiger partial charge in [0.05, 0.1) is 25.9 Å². The van der Waals surface area contributed by atoms with Crippen molar-refractivity contribution in [1.82, 2.24) is 20.2 Å². The van der Waals surface area contributed by atoms with Crippen LogP contribution in [0.5, 0.6) is 11.5 Å². The maximum Gasteiger partial charge on any atom is 0.338 e. The molecule has 9 heteroatoms. The van der Waals surface area contributed by atoms with Crippen LogP contribution in [-0.2, 0) is 9.53 Å². The number of hydrogen-bond acceptors (Lipinski definition) is 8. The monoisotopic (exact) mass is 415 g/mol. The summed E-state index contributed by atoms with van der Waals surface area (Å²) in [4.78, 5) is 12.7. The van der Waals surface area contributed by atoms with Gasteiger partial charge in [-0.3, -0.25) is 0 Å². The SMILES string of the molecule is CCCCCCOc1ccc(C2C(C(=O)OCC)=C(C)Nc3nnnn32)cc1OC. The average Bonchev–Trinajstić information content (AvgIpc) is 3.20. The van der Waals surface area contributed by atoms with E-state index in [4.69, 9.17) is 14.2 Å². The number of ether oxygens (including phenoxy) is 3. The van der Waals surface area contributed by atoms with E-state index in [2.05, 4.69) is 27.8 Å². The molecule has 1 N–H and O–H groups in total. The third-order valence-corrected chi connectivity index (χ3v) is 4.97. The van der Waals surface area contributed by atoms with Crippen molar-refractivity contribution in [3.05, 3.63) is 35.0 Å². The predicted molar refractivity (Wildman–Crippen MR) is 112 cm³/mol. The Morgan fingerprint density at radius 1 is 1.20 bits per heavy atom. The number of carbonyl (C=O) groups is 1. The van der Waals surface area contributed by atoms with Crippen LogP contribution in [0.25, 0.3) is 0 Å². The maximum absolute atomic E-state index is 12.7. The van der Waals surface area contributed by atoms with Gasteiger partial charge >= 0.3 is 5.97 Å². The van der Waals surface area contributed by atoms with E-state index < -0.39 is 12.0 Å². The van der Waals surface area contributed by atoms with Gasteiger partial charge < -0.3 is 19.5 Å². The summed E-state index contributed by atoms with van der Waals surface area (Å²) in [6.45, 7) is 6.67. The lowest BCUT2D eigenvalue weighted by molar-refractivity contribution is -0.139. The summed E-state index contributed by atoms with van der Waals surface area (Å²) in [5.41, 5.74) is 1.89. The van der Waals surface area contributed by atoms with E-state index in [0.29, 0.717) is 35.3 Å². The molecule has 1 unspecified atom stereocenters. The third kappa shape index (κ3) is 4.55. The molecule has 0 spiro atoms. The second-order valence-corrected chi connectivity index (χ2v) is 7.05. The topological polar surface area (TPSA) is 100 Å². The second kappa shape index (κ2) is 10.1. The standard InChI is InChI=1S/C21H29N5O4/c1-5-7-8-9-12-30-16-11-10-15(13-17(16)28-4)19-18(20(27)29-6-2)14(3)22-21-23-24-25-26(19)21/h10-11,13,19H,5-9,12H2,1-4H3,(H,22,23,25). The Bertz CT molecular complexity index is 909. The molecule has 1 aliphatic heterocycles. The molecule has 1 aliphatic rings. The molecule has 1 aromatic carbocycles. The predicted octanol–water partition coefficient (Wildman–Crippen LogP) is 3.49. The van der Waals surface area contributed by atoms with E-state index >= 15 is 0 Å². The summed E-state index contributed by atoms with van der Waals surface area (Å²) >= 11 is 0. The third-order valence-electron chi connectivity index (χ3n) is 4.97. The Kier molecular flexibility index (Phi) is 7.26. The number of esters is 1. The summed E-state index contributed by atoms with van der Waals surface area (Å²) in [6.07, 6.45) is 4.52. The van der Waals surface area contributed by atoms with Gasteiger partial charge in [0, 0.05) is 5.70 Å². The first-order valence-corrected chi connectivity index (χ1v) is 10.3. The van der Waals surface area contributed by atoms with Crippen LogP contribution in [0.4, 0.5) is 5.95 Å². The second-order valence-electron chi connectivity index (χ2n) is 7.05. The lowest BCUT2D eigenvalue weighted by Gasteiger charge is -2.27. The molecule has 0 bridgehead atoms. The Labute approximate surface area is 176 Å². The number of fused-ring (bicyclic) bond motifs is 1. The molecule has 2 heterocycles. The molecule has 30 heavy (non-hydrogen) atoms. The van der Waals surface area contributed by atoms with Crippen LogP contribution in [0.15, 0.2) is 29.5 Å². The molecule has 1 aromatic heterocycles. The van der Waals surface area contributed by atoms with E-state index in [-0.39, 0.29) is 6.61 Å². The van der Waals surface area contributed by atoms with E-state index in [1.54, 1.807) is 18.7 Å². The molecule has 0 amide bonds. The summed E-state index contributed by atoms with van der Waals surface area (Å²) in [5.74, 6) is 1.31. The molecular weight excluding hydrogens is 386 g/mol. The Morgan fingerprint density at radius 2 is 2.03 bits per heavy atom. The van der Waals surface area contributed by atoms with E-state index in [1.165, 1.54) is 12.8 Å². The molecule has 9 nitrogen and oxygen atoms in total. The largest absolute Gasteiger partial charge is 0.493 e. The van der Waals surface area contributed by atoms with E-state index in [1.807, 2.05) is 25.1 Å². The zero-order chi connectivity index (χ0) is 21.5. The molecule has 2 aromatic rings. The number of unbranched alkanes of at least 4 members (excludes halogenated alkanes) is 3. The van der Waals surface area contributed by atoms with Gasteiger partial charge in [-0.15, -0.1) is 0 Å². The number of rotatable bonds is 10. The van der Waals surface area contributed by atoms with Crippen molar-refractivity contribution in [2.45, 2.75) is 52.5 Å². The number of hydrogen-bond donors (Lipinski definition) is 1. The molecule has 0 fully saturated rings. The van der Waals surface area contributed by atoms with Crippen LogP contribution < -0.4 is 14.8 Å². The molecule has 162 valence electrons. The average molecular weight is 415 g/mol. The first kappa shape index (κ1) is 21.6. The normalized spacial score (nSPS) is 15.4. The highest BCUT2D eigenvalue weighted by Gasteiger charge is 2.35. The first-order chi connectivity index (χ1) is 14.6. The van der Waals surface area contributed by atoms with Crippen molar-refractivity contribution in [2.24, 2.45) is 0 Å². The van der Waals surface area contributed by atoms with E-state index in [0.717, 1.165) is 18.4 Å². The van der Waals surface area contributed by atoms with Gasteiger partial charge in [-0.1, -0.05) is 37.4 Å². The number of nitrogens with one attached hydrogen (secondary N) is 1. The number of carbonyl (C=O) groups excluding carboxylic acids is 1. The van der Waals surface area contributed by atoms with Crippen LogP contribution in [0.2, 0.25) is 0 Å². The zero-order valence-electron chi connectivity index (χ0n) is 18.0. The highest BCUT2D eigenvalue weighted by molar-refractivity contribution is 5.92. The molecule has 3 rings (SSSR count). The quantitative estimate of drug-likeness (QED) is 0.465. The van der Waals surface area contributed by atoms with Gasteiger partial charge in [-0.05, 0) is 48.4 Å². The minimum atomic E-state index is -0.539. The number of aromatic nitrogens is 4. The molecule has 0 saturated carbocycles. The molecule has 0 radical (unpaired) electrons. The number of nitrogens with zero attached hydrogens (tertiary/aromatic N) is 4. The lowest BCUT2D eigenvalue weighted by Crippen LogP contribution is -2.29. The van der Waals surface area contributed by atoms with Gasteiger partial charge in [0.1, 0.15) is 6.04 Å². The van der Waals surface area contributed by atoms with Gasteiger partial charge in [-0.25, -0.2) is 4.79 Å². The van der Waals surface area contributed by atoms with Crippen molar-refractivity contribution in [3.8, 4) is 11.5 Å². The Morgan fingerprint density at radius 3 is 2.77 bits per heavy atom. The Hall–Kier alpha value is -3.10. The zero-order valence-corrected chi connectivity index (χ0v) is 18.0. The van der Waals surface area contributed by atoms with Gasteiger partial charge in [0.25, 0.3) is 0 Å². The fourth-order valence-corrected chi connectivity index (χ4v) is 3.48. The van der Waals surface area contributed by atoms with Gasteiger partial charge in [0.15, 0.2) is 11.5 Å². The molecule has 1 atom stereocenters. The minimum absolute atomic E-state index is 0.277.